The highest BCUT2D eigenvalue weighted by molar-refractivity contribution is 8.10. The first-order chi connectivity index (χ1) is 6.22. The number of thiol groups is 1. The average Bonchev–Trinajstić information content (AvgIpc) is 2.15. The zero-order chi connectivity index (χ0) is 9.68. The fraction of sp³-hybridized carbons (Fsp3) is 0.222. The Balaban J connectivity index is 2.54. The maximum Gasteiger partial charge on any atom is 0.217 e. The molecule has 1 nitrogen and oxygen atoms in total. The molecule has 0 bridgehead atoms. The second-order valence-corrected chi connectivity index (χ2v) is 4.36. The zero-order valence-electron chi connectivity index (χ0n) is 7.19. The van der Waals surface area contributed by atoms with Crippen molar-refractivity contribution in [3.63, 3.8) is 0 Å². The van der Waals surface area contributed by atoms with Crippen molar-refractivity contribution in [1.29, 1.82) is 0 Å². The van der Waals surface area contributed by atoms with Crippen LogP contribution in [0.3, 0.4) is 0 Å². The molecule has 70 valence electrons. The van der Waals surface area contributed by atoms with E-state index in [0.29, 0.717) is 6.61 Å². The SMILES string of the molecule is CSc1ccc(COC(=S)S)cc1. The number of rotatable bonds is 3. The van der Waals surface area contributed by atoms with E-state index in [-0.39, 0.29) is 4.38 Å². The second kappa shape index (κ2) is 5.52. The molecule has 0 aliphatic heterocycles. The minimum absolute atomic E-state index is 0.286. The van der Waals surface area contributed by atoms with Crippen LogP contribution in [0.1, 0.15) is 5.56 Å². The van der Waals surface area contributed by atoms with Crippen LogP contribution < -0.4 is 0 Å². The molecule has 0 atom stereocenters. The van der Waals surface area contributed by atoms with Crippen molar-refractivity contribution in [2.24, 2.45) is 0 Å². The lowest BCUT2D eigenvalue weighted by Gasteiger charge is -2.03. The van der Waals surface area contributed by atoms with Gasteiger partial charge in [0, 0.05) is 4.90 Å². The van der Waals surface area contributed by atoms with E-state index in [0.717, 1.165) is 5.56 Å². The number of thiocarbonyl (C=S) groups is 1. The fourth-order valence-corrected chi connectivity index (χ4v) is 1.40. The number of hydrogen-bond acceptors (Lipinski definition) is 3. The van der Waals surface area contributed by atoms with Gasteiger partial charge >= 0.3 is 0 Å². The molecule has 4 heteroatoms. The van der Waals surface area contributed by atoms with Crippen LogP contribution in [0.15, 0.2) is 29.2 Å². The van der Waals surface area contributed by atoms with E-state index in [1.54, 1.807) is 11.8 Å². The Kier molecular flexibility index (Phi) is 4.62. The van der Waals surface area contributed by atoms with E-state index in [2.05, 4.69) is 37.0 Å². The molecule has 0 aliphatic carbocycles. The highest BCUT2D eigenvalue weighted by Crippen LogP contribution is 2.15. The van der Waals surface area contributed by atoms with Gasteiger partial charge in [0.25, 0.3) is 0 Å². The molecule has 0 N–H and O–H groups in total. The minimum Gasteiger partial charge on any atom is -0.474 e. The summed E-state index contributed by atoms with van der Waals surface area (Å²) < 4.78 is 5.38. The molecular formula is C9H10OS3. The second-order valence-electron chi connectivity index (χ2n) is 2.40. The Bertz CT molecular complexity index is 281. The molecule has 0 aliphatic rings. The molecule has 0 saturated heterocycles. The van der Waals surface area contributed by atoms with Gasteiger partial charge in [0.05, 0.1) is 0 Å². The first kappa shape index (κ1) is 10.9. The van der Waals surface area contributed by atoms with E-state index in [1.165, 1.54) is 4.90 Å². The summed E-state index contributed by atoms with van der Waals surface area (Å²) in [5.41, 5.74) is 1.11. The molecule has 13 heavy (non-hydrogen) atoms. The van der Waals surface area contributed by atoms with Crippen molar-refractivity contribution in [2.45, 2.75) is 11.5 Å². The summed E-state index contributed by atoms with van der Waals surface area (Å²) in [5.74, 6) is 0. The van der Waals surface area contributed by atoms with Crippen LogP contribution in [0, 0.1) is 0 Å². The van der Waals surface area contributed by atoms with Gasteiger partial charge in [-0.05, 0) is 36.2 Å². The van der Waals surface area contributed by atoms with E-state index in [1.807, 2.05) is 18.4 Å². The molecule has 0 amide bonds. The Morgan fingerprint density at radius 3 is 2.54 bits per heavy atom. The number of hydrogen-bond donors (Lipinski definition) is 1. The zero-order valence-corrected chi connectivity index (χ0v) is 9.72. The topological polar surface area (TPSA) is 9.23 Å². The molecule has 1 rings (SSSR count). The quantitative estimate of drug-likeness (QED) is 0.485. The monoisotopic (exact) mass is 230 g/mol. The number of thioether (sulfide) groups is 1. The summed E-state index contributed by atoms with van der Waals surface area (Å²) in [4.78, 5) is 1.25. The lowest BCUT2D eigenvalue weighted by atomic mass is 10.2. The third kappa shape index (κ3) is 4.02. The van der Waals surface area contributed by atoms with Gasteiger partial charge < -0.3 is 4.74 Å². The third-order valence-corrected chi connectivity index (χ3v) is 2.51. The van der Waals surface area contributed by atoms with Gasteiger partial charge in [-0.25, -0.2) is 0 Å². The van der Waals surface area contributed by atoms with Crippen LogP contribution in [-0.2, 0) is 11.3 Å². The molecule has 0 radical (unpaired) electrons. The normalized spacial score (nSPS) is 9.69. The Morgan fingerprint density at radius 2 is 2.08 bits per heavy atom. The van der Waals surface area contributed by atoms with Crippen molar-refractivity contribution in [3.05, 3.63) is 29.8 Å². The molecule has 1 aromatic rings. The summed E-state index contributed by atoms with van der Waals surface area (Å²) in [6.07, 6.45) is 2.05. The Labute approximate surface area is 93.3 Å². The lowest BCUT2D eigenvalue weighted by molar-refractivity contribution is 0.310. The molecule has 0 saturated carbocycles. The van der Waals surface area contributed by atoms with Gasteiger partial charge in [-0.2, -0.15) is 0 Å². The Morgan fingerprint density at radius 1 is 1.46 bits per heavy atom. The van der Waals surface area contributed by atoms with Gasteiger partial charge in [0.2, 0.25) is 4.38 Å². The van der Waals surface area contributed by atoms with Crippen molar-refractivity contribution >= 4 is 41.0 Å². The maximum absolute atomic E-state index is 5.09. The first-order valence-corrected chi connectivity index (χ1v) is 5.79. The fourth-order valence-electron chi connectivity index (χ4n) is 0.867. The number of ether oxygens (including phenoxy) is 1. The summed E-state index contributed by atoms with van der Waals surface area (Å²) in [7, 11) is 0. The molecular weight excluding hydrogens is 220 g/mol. The van der Waals surface area contributed by atoms with Gasteiger partial charge in [0.15, 0.2) is 0 Å². The summed E-state index contributed by atoms with van der Waals surface area (Å²) in [6, 6.07) is 8.17. The van der Waals surface area contributed by atoms with Crippen LogP contribution in [0.4, 0.5) is 0 Å². The van der Waals surface area contributed by atoms with Gasteiger partial charge in [-0.15, -0.1) is 11.8 Å². The highest BCUT2D eigenvalue weighted by atomic mass is 32.2. The highest BCUT2D eigenvalue weighted by Gasteiger charge is 1.94. The van der Waals surface area contributed by atoms with Crippen molar-refractivity contribution in [1.82, 2.24) is 0 Å². The summed E-state index contributed by atoms with van der Waals surface area (Å²) >= 11 is 10.3. The van der Waals surface area contributed by atoms with E-state index < -0.39 is 0 Å². The lowest BCUT2D eigenvalue weighted by Crippen LogP contribution is -1.93. The van der Waals surface area contributed by atoms with Crippen molar-refractivity contribution in [2.75, 3.05) is 6.26 Å². The van der Waals surface area contributed by atoms with Crippen molar-refractivity contribution < 1.29 is 4.74 Å². The largest absolute Gasteiger partial charge is 0.474 e. The predicted molar refractivity (Wildman–Crippen MR) is 64.6 cm³/mol. The van der Waals surface area contributed by atoms with Gasteiger partial charge in [-0.1, -0.05) is 24.8 Å². The molecule has 0 unspecified atom stereocenters. The van der Waals surface area contributed by atoms with Gasteiger partial charge in [0.1, 0.15) is 6.61 Å². The first-order valence-electron chi connectivity index (χ1n) is 3.71. The van der Waals surface area contributed by atoms with E-state index in [4.69, 9.17) is 4.74 Å². The van der Waals surface area contributed by atoms with Gasteiger partial charge in [-0.3, -0.25) is 0 Å². The molecule has 0 spiro atoms. The number of benzene rings is 1. The van der Waals surface area contributed by atoms with E-state index >= 15 is 0 Å². The van der Waals surface area contributed by atoms with Crippen molar-refractivity contribution in [3.8, 4) is 0 Å². The van der Waals surface area contributed by atoms with Crippen LogP contribution in [0.2, 0.25) is 0 Å². The Hall–Kier alpha value is -0.190. The predicted octanol–water partition coefficient (Wildman–Crippen LogP) is 3.14. The van der Waals surface area contributed by atoms with Crippen LogP contribution in [0.5, 0.6) is 0 Å². The third-order valence-electron chi connectivity index (χ3n) is 1.52. The van der Waals surface area contributed by atoms with E-state index in [9.17, 15) is 0 Å². The maximum atomic E-state index is 5.09. The average molecular weight is 230 g/mol. The molecule has 0 heterocycles. The molecule has 1 aromatic carbocycles. The summed E-state index contributed by atoms with van der Waals surface area (Å²) in [6.45, 7) is 0.497. The minimum atomic E-state index is 0.286. The van der Waals surface area contributed by atoms with Crippen LogP contribution in [0.25, 0.3) is 0 Å². The molecule has 0 fully saturated rings. The smallest absolute Gasteiger partial charge is 0.217 e. The standard InChI is InChI=1S/C9H10OS3/c1-13-8-4-2-7(3-5-8)6-10-9(11)12/h2-5H,6H2,1H3,(H,11,12). The van der Waals surface area contributed by atoms with Crippen LogP contribution in [-0.4, -0.2) is 10.6 Å². The molecule has 0 aromatic heterocycles. The van der Waals surface area contributed by atoms with Crippen LogP contribution >= 0.6 is 36.6 Å². The summed E-state index contributed by atoms with van der Waals surface area (Å²) in [5, 5.41) is 0.